The van der Waals surface area contributed by atoms with E-state index in [1.165, 1.54) is 16.4 Å². The molecule has 1 N–H and O–H groups in total. The lowest BCUT2D eigenvalue weighted by Gasteiger charge is -2.30. The Bertz CT molecular complexity index is 1250. The molecule has 1 amide bonds. The lowest BCUT2D eigenvalue weighted by atomic mass is 9.97. The molecule has 7 nitrogen and oxygen atoms in total. The first kappa shape index (κ1) is 23.1. The number of halogens is 1. The topological polar surface area (TPSA) is 84.3 Å². The molecule has 9 heteroatoms. The Morgan fingerprint density at radius 1 is 1.09 bits per heavy atom. The van der Waals surface area contributed by atoms with Gasteiger partial charge < -0.3 is 5.32 Å². The summed E-state index contributed by atoms with van der Waals surface area (Å²) in [4.78, 5) is 13.2. The van der Waals surface area contributed by atoms with Crippen LogP contribution in [0.5, 0.6) is 0 Å². The Morgan fingerprint density at radius 2 is 1.79 bits per heavy atom. The van der Waals surface area contributed by atoms with E-state index in [2.05, 4.69) is 10.4 Å². The maximum Gasteiger partial charge on any atom is 0.243 e. The molecular formula is C24H27FN4O3S. The minimum atomic E-state index is -3.55. The van der Waals surface area contributed by atoms with Gasteiger partial charge in [-0.1, -0.05) is 30.3 Å². The van der Waals surface area contributed by atoms with Crippen LogP contribution in [-0.4, -0.2) is 41.5 Å². The monoisotopic (exact) mass is 470 g/mol. The second-order valence-corrected chi connectivity index (χ2v) is 10.3. The van der Waals surface area contributed by atoms with Crippen LogP contribution in [0.4, 0.5) is 10.1 Å². The van der Waals surface area contributed by atoms with E-state index in [9.17, 15) is 17.6 Å². The van der Waals surface area contributed by atoms with E-state index < -0.39 is 10.0 Å². The number of carbonyl (C=O) groups excluding carboxylic acids is 1. The average molecular weight is 471 g/mol. The quantitative estimate of drug-likeness (QED) is 0.595. The summed E-state index contributed by atoms with van der Waals surface area (Å²) < 4.78 is 42.3. The van der Waals surface area contributed by atoms with Gasteiger partial charge in [-0.15, -0.1) is 0 Å². The number of aromatic nitrogens is 2. The number of hydrogen-bond donors (Lipinski definition) is 1. The van der Waals surface area contributed by atoms with E-state index in [1.54, 1.807) is 41.1 Å². The fourth-order valence-electron chi connectivity index (χ4n) is 4.17. The van der Waals surface area contributed by atoms with E-state index >= 15 is 0 Å². The normalized spacial score (nSPS) is 15.5. The van der Waals surface area contributed by atoms with Crippen molar-refractivity contribution in [2.75, 3.05) is 18.4 Å². The minimum Gasteiger partial charge on any atom is -0.323 e. The maximum atomic E-state index is 13.5. The van der Waals surface area contributed by atoms with Crippen LogP contribution in [0.25, 0.3) is 0 Å². The fourth-order valence-corrected chi connectivity index (χ4v) is 5.66. The zero-order valence-corrected chi connectivity index (χ0v) is 19.5. The van der Waals surface area contributed by atoms with Gasteiger partial charge in [-0.3, -0.25) is 9.48 Å². The molecule has 0 bridgehead atoms. The molecule has 1 aromatic heterocycles. The summed E-state index contributed by atoms with van der Waals surface area (Å²) in [6, 6.07) is 14.7. The Balaban J connectivity index is 1.40. The molecule has 1 fully saturated rings. The first-order chi connectivity index (χ1) is 15.8. The number of piperidine rings is 1. The maximum absolute atomic E-state index is 13.5. The van der Waals surface area contributed by atoms with Crippen molar-refractivity contribution in [3.8, 4) is 0 Å². The van der Waals surface area contributed by atoms with E-state index in [-0.39, 0.29) is 22.5 Å². The van der Waals surface area contributed by atoms with Gasteiger partial charge in [-0.2, -0.15) is 9.40 Å². The van der Waals surface area contributed by atoms with Gasteiger partial charge in [0.25, 0.3) is 0 Å². The lowest BCUT2D eigenvalue weighted by molar-refractivity contribution is -0.120. The zero-order valence-electron chi connectivity index (χ0n) is 18.7. The number of rotatable bonds is 6. The molecule has 0 spiro atoms. The van der Waals surface area contributed by atoms with E-state index in [1.807, 2.05) is 19.9 Å². The summed E-state index contributed by atoms with van der Waals surface area (Å²) in [5, 5.41) is 7.49. The minimum absolute atomic E-state index is 0.136. The molecule has 0 atom stereocenters. The molecule has 2 heterocycles. The summed E-state index contributed by atoms with van der Waals surface area (Å²) in [7, 11) is -3.55. The number of aryl methyl sites for hydroxylation is 1. The SMILES string of the molecule is Cc1nn(Cc2cccc(F)c2)c(C)c1NC(=O)C1CCN(S(=O)(=O)c2ccccc2)CC1. The molecular weight excluding hydrogens is 443 g/mol. The number of carbonyl (C=O) groups is 1. The molecule has 0 unspecified atom stereocenters. The predicted molar refractivity (Wildman–Crippen MR) is 124 cm³/mol. The lowest BCUT2D eigenvalue weighted by Crippen LogP contribution is -2.41. The summed E-state index contributed by atoms with van der Waals surface area (Å²) >= 11 is 0. The predicted octanol–water partition coefficient (Wildman–Crippen LogP) is 3.73. The third-order valence-corrected chi connectivity index (χ3v) is 7.97. The van der Waals surface area contributed by atoms with Crippen LogP contribution in [0.2, 0.25) is 0 Å². The van der Waals surface area contributed by atoms with Crippen molar-refractivity contribution in [2.24, 2.45) is 5.92 Å². The van der Waals surface area contributed by atoms with E-state index in [0.29, 0.717) is 43.9 Å². The molecule has 2 aromatic carbocycles. The van der Waals surface area contributed by atoms with Gasteiger partial charge in [-0.05, 0) is 56.5 Å². The van der Waals surface area contributed by atoms with Crippen molar-refractivity contribution in [3.63, 3.8) is 0 Å². The van der Waals surface area contributed by atoms with Crippen molar-refractivity contribution in [1.82, 2.24) is 14.1 Å². The number of amides is 1. The summed E-state index contributed by atoms with van der Waals surface area (Å²) in [6.07, 6.45) is 0.904. The summed E-state index contributed by atoms with van der Waals surface area (Å²) in [5.74, 6) is -0.718. The van der Waals surface area contributed by atoms with Gasteiger partial charge >= 0.3 is 0 Å². The third kappa shape index (κ3) is 4.99. The molecule has 174 valence electrons. The van der Waals surface area contributed by atoms with Gasteiger partial charge in [0.15, 0.2) is 0 Å². The van der Waals surface area contributed by atoms with Gasteiger partial charge in [-0.25, -0.2) is 12.8 Å². The zero-order chi connectivity index (χ0) is 23.6. The van der Waals surface area contributed by atoms with Crippen molar-refractivity contribution in [2.45, 2.75) is 38.1 Å². The van der Waals surface area contributed by atoms with Gasteiger partial charge in [0, 0.05) is 19.0 Å². The molecule has 1 aliphatic heterocycles. The van der Waals surface area contributed by atoms with Crippen molar-refractivity contribution in [3.05, 3.63) is 77.4 Å². The number of benzene rings is 2. The molecule has 0 saturated carbocycles. The number of nitrogens with zero attached hydrogens (tertiary/aromatic N) is 3. The first-order valence-corrected chi connectivity index (χ1v) is 12.3. The molecule has 1 saturated heterocycles. The highest BCUT2D eigenvalue weighted by molar-refractivity contribution is 7.89. The van der Waals surface area contributed by atoms with Gasteiger partial charge in [0.05, 0.1) is 28.5 Å². The molecule has 4 rings (SSSR count). The molecule has 1 aliphatic rings. The fraction of sp³-hybridized carbons (Fsp3) is 0.333. The molecule has 0 radical (unpaired) electrons. The third-order valence-electron chi connectivity index (χ3n) is 6.06. The first-order valence-electron chi connectivity index (χ1n) is 10.9. The average Bonchev–Trinajstić information content (AvgIpc) is 3.07. The van der Waals surface area contributed by atoms with Crippen LogP contribution in [0.15, 0.2) is 59.5 Å². The number of nitrogens with one attached hydrogen (secondary N) is 1. The smallest absolute Gasteiger partial charge is 0.243 e. The Labute approximate surface area is 193 Å². The molecule has 33 heavy (non-hydrogen) atoms. The van der Waals surface area contributed by atoms with E-state index in [4.69, 9.17) is 0 Å². The number of anilines is 1. The van der Waals surface area contributed by atoms with Crippen LogP contribution < -0.4 is 5.32 Å². The highest BCUT2D eigenvalue weighted by atomic mass is 32.2. The van der Waals surface area contributed by atoms with E-state index in [0.717, 1.165) is 11.3 Å². The summed E-state index contributed by atoms with van der Waals surface area (Å²) in [5.41, 5.74) is 2.90. The standard InChI is InChI=1S/C24H27FN4O3S/c1-17-23(18(2)29(27-17)16-19-7-6-8-21(25)15-19)26-24(30)20-11-13-28(14-12-20)33(31,32)22-9-4-3-5-10-22/h3-10,15,20H,11-14,16H2,1-2H3,(H,26,30). The van der Waals surface area contributed by atoms with Crippen molar-refractivity contribution < 1.29 is 17.6 Å². The van der Waals surface area contributed by atoms with Crippen LogP contribution in [0.1, 0.15) is 29.8 Å². The second-order valence-electron chi connectivity index (χ2n) is 8.31. The van der Waals surface area contributed by atoms with Crippen LogP contribution in [0, 0.1) is 25.6 Å². The molecule has 3 aromatic rings. The van der Waals surface area contributed by atoms with Crippen LogP contribution in [-0.2, 0) is 21.4 Å². The van der Waals surface area contributed by atoms with Crippen molar-refractivity contribution >= 4 is 21.6 Å². The Morgan fingerprint density at radius 3 is 2.45 bits per heavy atom. The van der Waals surface area contributed by atoms with Gasteiger partial charge in [0.2, 0.25) is 15.9 Å². The van der Waals surface area contributed by atoms with Crippen LogP contribution in [0.3, 0.4) is 0 Å². The Kier molecular flexibility index (Phi) is 6.62. The second kappa shape index (κ2) is 9.44. The number of sulfonamides is 1. The van der Waals surface area contributed by atoms with Gasteiger partial charge in [0.1, 0.15) is 5.82 Å². The Hall–Kier alpha value is -3.04. The molecule has 0 aliphatic carbocycles. The van der Waals surface area contributed by atoms with Crippen LogP contribution >= 0.6 is 0 Å². The largest absolute Gasteiger partial charge is 0.323 e. The summed E-state index contributed by atoms with van der Waals surface area (Å²) in [6.45, 7) is 4.68. The van der Waals surface area contributed by atoms with Crippen molar-refractivity contribution in [1.29, 1.82) is 0 Å². The number of hydrogen-bond acceptors (Lipinski definition) is 4. The highest BCUT2D eigenvalue weighted by Gasteiger charge is 2.32. The highest BCUT2D eigenvalue weighted by Crippen LogP contribution is 2.27.